The van der Waals surface area contributed by atoms with Crippen LogP contribution in [0.25, 0.3) is 0 Å². The molecule has 76 valence electrons. The number of benzene rings is 1. The smallest absolute Gasteiger partial charge is 0.207 e. The molecule has 1 aromatic rings. The fourth-order valence-corrected chi connectivity index (χ4v) is 3.58. The van der Waals surface area contributed by atoms with Gasteiger partial charge < -0.3 is 0 Å². The molecule has 1 aromatic carbocycles. The van der Waals surface area contributed by atoms with Crippen molar-refractivity contribution in [3.05, 3.63) is 23.8 Å². The van der Waals surface area contributed by atoms with E-state index in [4.69, 9.17) is 10.7 Å². The molecule has 1 heterocycles. The van der Waals surface area contributed by atoms with E-state index in [1.54, 1.807) is 23.9 Å². The van der Waals surface area contributed by atoms with Crippen molar-refractivity contribution in [2.45, 2.75) is 28.4 Å². The van der Waals surface area contributed by atoms with Crippen molar-refractivity contribution < 1.29 is 8.42 Å². The first-order valence-corrected chi connectivity index (χ1v) is 7.40. The molecule has 1 aliphatic heterocycles. The van der Waals surface area contributed by atoms with E-state index >= 15 is 0 Å². The second kappa shape index (κ2) is 3.43. The molecule has 0 bridgehead atoms. The van der Waals surface area contributed by atoms with Crippen LogP contribution >= 0.6 is 22.4 Å². The van der Waals surface area contributed by atoms with E-state index in [1.807, 2.05) is 6.07 Å². The van der Waals surface area contributed by atoms with Crippen molar-refractivity contribution >= 4 is 31.5 Å². The largest absolute Gasteiger partial charge is 0.261 e. The number of rotatable bonds is 1. The second-order valence-electron chi connectivity index (χ2n) is 3.34. The average Bonchev–Trinajstić information content (AvgIpc) is 2.41. The van der Waals surface area contributed by atoms with Crippen LogP contribution in [0, 0.1) is 0 Å². The summed E-state index contributed by atoms with van der Waals surface area (Å²) in [6.07, 6.45) is 1.00. The normalized spacial score (nSPS) is 20.9. The molecule has 0 aromatic heterocycles. The van der Waals surface area contributed by atoms with Crippen LogP contribution in [0.2, 0.25) is 0 Å². The summed E-state index contributed by atoms with van der Waals surface area (Å²) in [5, 5.41) is 0.526. The fourth-order valence-electron chi connectivity index (χ4n) is 1.53. The van der Waals surface area contributed by atoms with Gasteiger partial charge in [0.15, 0.2) is 0 Å². The predicted molar refractivity (Wildman–Crippen MR) is 58.5 cm³/mol. The SMILES string of the molecule is CC1Cc2ccc(S(=O)(=O)Cl)cc2S1. The summed E-state index contributed by atoms with van der Waals surface area (Å²) >= 11 is 1.70. The van der Waals surface area contributed by atoms with Gasteiger partial charge in [-0.25, -0.2) is 8.42 Å². The highest BCUT2D eigenvalue weighted by atomic mass is 35.7. The summed E-state index contributed by atoms with van der Waals surface area (Å²) in [6.45, 7) is 2.12. The highest BCUT2D eigenvalue weighted by Crippen LogP contribution is 2.38. The summed E-state index contributed by atoms with van der Waals surface area (Å²) in [4.78, 5) is 1.23. The van der Waals surface area contributed by atoms with Crippen LogP contribution in [0.4, 0.5) is 0 Å². The molecular formula is C9H9ClO2S2. The molecule has 5 heteroatoms. The zero-order valence-corrected chi connectivity index (χ0v) is 9.92. The summed E-state index contributed by atoms with van der Waals surface area (Å²) in [6, 6.07) is 5.08. The Balaban J connectivity index is 2.48. The minimum atomic E-state index is -3.58. The van der Waals surface area contributed by atoms with Gasteiger partial charge in [-0.15, -0.1) is 11.8 Å². The van der Waals surface area contributed by atoms with E-state index in [0.717, 1.165) is 11.3 Å². The number of hydrogen-bond donors (Lipinski definition) is 0. The Kier molecular flexibility index (Phi) is 2.53. The molecule has 0 N–H and O–H groups in total. The molecule has 1 unspecified atom stereocenters. The number of halogens is 1. The molecular weight excluding hydrogens is 240 g/mol. The van der Waals surface area contributed by atoms with Crippen LogP contribution in [0.3, 0.4) is 0 Å². The molecule has 0 radical (unpaired) electrons. The molecule has 0 amide bonds. The minimum Gasteiger partial charge on any atom is -0.207 e. The van der Waals surface area contributed by atoms with Gasteiger partial charge in [0.2, 0.25) is 0 Å². The Hall–Kier alpha value is -0.190. The maximum Gasteiger partial charge on any atom is 0.261 e. The molecule has 2 rings (SSSR count). The predicted octanol–water partition coefficient (Wildman–Crippen LogP) is 2.65. The van der Waals surface area contributed by atoms with Gasteiger partial charge in [-0.3, -0.25) is 0 Å². The fraction of sp³-hybridized carbons (Fsp3) is 0.333. The Morgan fingerprint density at radius 3 is 2.86 bits per heavy atom. The van der Waals surface area contributed by atoms with E-state index in [0.29, 0.717) is 5.25 Å². The quantitative estimate of drug-likeness (QED) is 0.717. The Bertz CT molecular complexity index is 468. The highest BCUT2D eigenvalue weighted by molar-refractivity contribution is 8.13. The maximum atomic E-state index is 11.1. The highest BCUT2D eigenvalue weighted by Gasteiger charge is 2.20. The molecule has 0 saturated carbocycles. The summed E-state index contributed by atoms with van der Waals surface area (Å²) in [5.41, 5.74) is 1.21. The maximum absolute atomic E-state index is 11.1. The first-order chi connectivity index (χ1) is 6.47. The van der Waals surface area contributed by atoms with Crippen molar-refractivity contribution in [1.29, 1.82) is 0 Å². The van der Waals surface area contributed by atoms with Gasteiger partial charge in [0.25, 0.3) is 9.05 Å². The van der Waals surface area contributed by atoms with Gasteiger partial charge in [-0.1, -0.05) is 13.0 Å². The van der Waals surface area contributed by atoms with E-state index < -0.39 is 9.05 Å². The zero-order chi connectivity index (χ0) is 10.3. The lowest BCUT2D eigenvalue weighted by atomic mass is 10.1. The molecule has 0 aliphatic carbocycles. The summed E-state index contributed by atoms with van der Waals surface area (Å²) < 4.78 is 22.1. The van der Waals surface area contributed by atoms with Crippen molar-refractivity contribution in [1.82, 2.24) is 0 Å². The first kappa shape index (κ1) is 10.3. The molecule has 2 nitrogen and oxygen atoms in total. The topological polar surface area (TPSA) is 34.1 Å². The monoisotopic (exact) mass is 248 g/mol. The molecule has 0 fully saturated rings. The van der Waals surface area contributed by atoms with E-state index in [2.05, 4.69) is 6.92 Å². The zero-order valence-electron chi connectivity index (χ0n) is 7.53. The van der Waals surface area contributed by atoms with Gasteiger partial charge in [-0.05, 0) is 24.1 Å². The number of hydrogen-bond acceptors (Lipinski definition) is 3. The van der Waals surface area contributed by atoms with E-state index in [-0.39, 0.29) is 4.90 Å². The average molecular weight is 249 g/mol. The van der Waals surface area contributed by atoms with Crippen LogP contribution in [-0.2, 0) is 15.5 Å². The lowest BCUT2D eigenvalue weighted by Crippen LogP contribution is -1.92. The Morgan fingerprint density at radius 1 is 1.50 bits per heavy atom. The Morgan fingerprint density at radius 2 is 2.21 bits per heavy atom. The number of fused-ring (bicyclic) bond motifs is 1. The van der Waals surface area contributed by atoms with Crippen LogP contribution in [0.5, 0.6) is 0 Å². The molecule has 1 aliphatic rings. The van der Waals surface area contributed by atoms with Crippen molar-refractivity contribution in [2.75, 3.05) is 0 Å². The third-order valence-electron chi connectivity index (χ3n) is 2.16. The molecule has 0 saturated heterocycles. The van der Waals surface area contributed by atoms with Crippen LogP contribution in [0.15, 0.2) is 28.0 Å². The van der Waals surface area contributed by atoms with Gasteiger partial charge in [-0.2, -0.15) is 0 Å². The molecule has 14 heavy (non-hydrogen) atoms. The summed E-state index contributed by atoms with van der Waals surface area (Å²) in [7, 11) is 1.68. The second-order valence-corrected chi connectivity index (χ2v) is 7.39. The van der Waals surface area contributed by atoms with E-state index in [1.165, 1.54) is 5.56 Å². The van der Waals surface area contributed by atoms with Crippen molar-refractivity contribution in [2.24, 2.45) is 0 Å². The number of thioether (sulfide) groups is 1. The van der Waals surface area contributed by atoms with Crippen molar-refractivity contribution in [3.8, 4) is 0 Å². The van der Waals surface area contributed by atoms with Gasteiger partial charge in [0.1, 0.15) is 0 Å². The van der Waals surface area contributed by atoms with Gasteiger partial charge in [0, 0.05) is 20.8 Å². The van der Waals surface area contributed by atoms with Crippen molar-refractivity contribution in [3.63, 3.8) is 0 Å². The molecule has 0 spiro atoms. The standard InChI is InChI=1S/C9H9ClO2S2/c1-6-4-7-2-3-8(14(10,11)12)5-9(7)13-6/h2-3,5-6H,4H2,1H3. The van der Waals surface area contributed by atoms with E-state index in [9.17, 15) is 8.42 Å². The summed E-state index contributed by atoms with van der Waals surface area (Å²) in [5.74, 6) is 0. The molecule has 1 atom stereocenters. The van der Waals surface area contributed by atoms with Gasteiger partial charge in [0.05, 0.1) is 4.90 Å². The Labute approximate surface area is 92.1 Å². The minimum absolute atomic E-state index is 0.194. The van der Waals surface area contributed by atoms with Crippen LogP contribution < -0.4 is 0 Å². The lowest BCUT2D eigenvalue weighted by Gasteiger charge is -2.00. The lowest BCUT2D eigenvalue weighted by molar-refractivity contribution is 0.609. The third kappa shape index (κ3) is 1.92. The van der Waals surface area contributed by atoms with Crippen LogP contribution in [0.1, 0.15) is 12.5 Å². The van der Waals surface area contributed by atoms with Gasteiger partial charge >= 0.3 is 0 Å². The third-order valence-corrected chi connectivity index (χ3v) is 4.71. The first-order valence-electron chi connectivity index (χ1n) is 4.21. The van der Waals surface area contributed by atoms with Crippen LogP contribution in [-0.4, -0.2) is 13.7 Å².